The van der Waals surface area contributed by atoms with Gasteiger partial charge in [-0.3, -0.25) is 9.78 Å². The topological polar surface area (TPSA) is 83.0 Å². The van der Waals surface area contributed by atoms with Crippen LogP contribution in [0, 0.1) is 11.3 Å². The molecular weight excluding hydrogens is 308 g/mol. The van der Waals surface area contributed by atoms with Crippen molar-refractivity contribution in [3.05, 3.63) is 71.5 Å². The lowest BCUT2D eigenvalue weighted by Gasteiger charge is -2.38. The number of amides is 1. The van der Waals surface area contributed by atoms with Crippen LogP contribution in [0.25, 0.3) is 0 Å². The van der Waals surface area contributed by atoms with Crippen molar-refractivity contribution in [2.24, 2.45) is 5.73 Å². The third kappa shape index (κ3) is 2.67. The van der Waals surface area contributed by atoms with Crippen LogP contribution in [0.2, 0.25) is 0 Å². The number of rotatable bonds is 4. The van der Waals surface area contributed by atoms with Crippen LogP contribution in [0.5, 0.6) is 0 Å². The van der Waals surface area contributed by atoms with E-state index in [0.29, 0.717) is 5.56 Å². The SMILES string of the molecule is N#Cc1ccccc1N1C=CSC1(CC(N)=O)c1ccncc1. The van der Waals surface area contributed by atoms with Crippen LogP contribution in [0.3, 0.4) is 0 Å². The predicted octanol–water partition coefficient (Wildman–Crippen LogP) is 2.71. The van der Waals surface area contributed by atoms with Crippen LogP contribution < -0.4 is 10.6 Å². The maximum atomic E-state index is 11.7. The standard InChI is InChI=1S/C17H14N4OS/c18-12-13-3-1-2-4-15(13)21-9-10-23-17(21,11-16(19)22)14-5-7-20-8-6-14/h1-10H,11H2,(H2,19,22). The number of hydrogen-bond acceptors (Lipinski definition) is 5. The fourth-order valence-corrected chi connectivity index (χ4v) is 3.90. The van der Waals surface area contributed by atoms with Crippen molar-refractivity contribution in [1.82, 2.24) is 4.98 Å². The highest BCUT2D eigenvalue weighted by Gasteiger charge is 2.43. The largest absolute Gasteiger partial charge is 0.370 e. The van der Waals surface area contributed by atoms with E-state index in [1.165, 1.54) is 11.8 Å². The molecule has 0 fully saturated rings. The highest BCUT2D eigenvalue weighted by atomic mass is 32.2. The number of hydrogen-bond donors (Lipinski definition) is 1. The van der Waals surface area contributed by atoms with E-state index in [1.807, 2.05) is 46.8 Å². The second-order valence-electron chi connectivity index (χ2n) is 5.07. The van der Waals surface area contributed by atoms with Crippen LogP contribution in [-0.4, -0.2) is 10.9 Å². The third-order valence-corrected chi connectivity index (χ3v) is 4.92. The number of pyridine rings is 1. The molecule has 5 nitrogen and oxygen atoms in total. The highest BCUT2D eigenvalue weighted by Crippen LogP contribution is 2.50. The van der Waals surface area contributed by atoms with Crippen molar-refractivity contribution in [3.63, 3.8) is 0 Å². The Bertz CT molecular complexity index is 800. The maximum Gasteiger partial charge on any atom is 0.221 e. The van der Waals surface area contributed by atoms with E-state index < -0.39 is 10.8 Å². The zero-order valence-corrected chi connectivity index (χ0v) is 13.0. The molecule has 1 aliphatic heterocycles. The molecular formula is C17H14N4OS. The van der Waals surface area contributed by atoms with Gasteiger partial charge in [0.25, 0.3) is 0 Å². The lowest BCUT2D eigenvalue weighted by Crippen LogP contribution is -2.41. The summed E-state index contributed by atoms with van der Waals surface area (Å²) in [6, 6.07) is 13.2. The Morgan fingerprint density at radius 2 is 2.04 bits per heavy atom. The molecule has 1 aromatic heterocycles. The second-order valence-corrected chi connectivity index (χ2v) is 6.25. The summed E-state index contributed by atoms with van der Waals surface area (Å²) in [4.78, 5) is 17.0. The van der Waals surface area contributed by atoms with Gasteiger partial charge in [-0.1, -0.05) is 23.9 Å². The van der Waals surface area contributed by atoms with Crippen molar-refractivity contribution >= 4 is 23.4 Å². The Balaban J connectivity index is 2.16. The van der Waals surface area contributed by atoms with Gasteiger partial charge in [0.2, 0.25) is 5.91 Å². The van der Waals surface area contributed by atoms with E-state index in [-0.39, 0.29) is 6.42 Å². The second kappa shape index (κ2) is 6.15. The first kappa shape index (κ1) is 15.1. The normalized spacial score (nSPS) is 19.5. The van der Waals surface area contributed by atoms with Crippen molar-refractivity contribution in [2.45, 2.75) is 11.3 Å². The number of primary amides is 1. The number of anilines is 1. The number of nitriles is 1. The summed E-state index contributed by atoms with van der Waals surface area (Å²) in [6.45, 7) is 0. The first-order valence-corrected chi connectivity index (χ1v) is 7.87. The number of benzene rings is 1. The fourth-order valence-electron chi connectivity index (χ4n) is 2.72. The van der Waals surface area contributed by atoms with E-state index in [4.69, 9.17) is 5.73 Å². The summed E-state index contributed by atoms with van der Waals surface area (Å²) in [6.07, 6.45) is 5.37. The summed E-state index contributed by atoms with van der Waals surface area (Å²) in [7, 11) is 0. The molecule has 114 valence electrons. The molecule has 1 unspecified atom stereocenters. The lowest BCUT2D eigenvalue weighted by atomic mass is 10.00. The average Bonchev–Trinajstić information content (AvgIpc) is 2.99. The van der Waals surface area contributed by atoms with E-state index in [9.17, 15) is 10.1 Å². The molecule has 2 N–H and O–H groups in total. The number of nitrogens with two attached hydrogens (primary N) is 1. The molecule has 0 bridgehead atoms. The molecule has 23 heavy (non-hydrogen) atoms. The molecule has 2 heterocycles. The Morgan fingerprint density at radius 1 is 1.30 bits per heavy atom. The van der Waals surface area contributed by atoms with E-state index >= 15 is 0 Å². The summed E-state index contributed by atoms with van der Waals surface area (Å²) in [5.41, 5.74) is 7.72. The van der Waals surface area contributed by atoms with Crippen molar-refractivity contribution in [3.8, 4) is 6.07 Å². The fraction of sp³-hybridized carbons (Fsp3) is 0.118. The van der Waals surface area contributed by atoms with Crippen LogP contribution in [-0.2, 0) is 9.67 Å². The molecule has 3 rings (SSSR count). The smallest absolute Gasteiger partial charge is 0.221 e. The highest BCUT2D eigenvalue weighted by molar-refractivity contribution is 8.03. The molecule has 0 saturated heterocycles. The Morgan fingerprint density at radius 3 is 2.74 bits per heavy atom. The molecule has 0 aliphatic carbocycles. The van der Waals surface area contributed by atoms with Crippen LogP contribution in [0.15, 0.2) is 60.4 Å². The first-order chi connectivity index (χ1) is 11.2. The Kier molecular flexibility index (Phi) is 4.04. The zero-order valence-electron chi connectivity index (χ0n) is 12.2. The van der Waals surface area contributed by atoms with Gasteiger partial charge in [-0.2, -0.15) is 5.26 Å². The number of para-hydroxylation sites is 1. The van der Waals surface area contributed by atoms with Gasteiger partial charge in [0.05, 0.1) is 17.7 Å². The monoisotopic (exact) mass is 322 g/mol. The van der Waals surface area contributed by atoms with Gasteiger partial charge in [0.1, 0.15) is 10.9 Å². The average molecular weight is 322 g/mol. The number of nitrogens with zero attached hydrogens (tertiary/aromatic N) is 3. The lowest BCUT2D eigenvalue weighted by molar-refractivity contribution is -0.118. The number of carbonyl (C=O) groups is 1. The molecule has 0 spiro atoms. The number of aromatic nitrogens is 1. The number of thioether (sulfide) groups is 1. The van der Waals surface area contributed by atoms with Gasteiger partial charge < -0.3 is 10.6 Å². The zero-order chi connectivity index (χ0) is 16.3. The molecule has 1 amide bonds. The summed E-state index contributed by atoms with van der Waals surface area (Å²) in [5.74, 6) is -0.405. The van der Waals surface area contributed by atoms with E-state index in [0.717, 1.165) is 11.3 Å². The maximum absolute atomic E-state index is 11.7. The quantitative estimate of drug-likeness (QED) is 0.935. The van der Waals surface area contributed by atoms with Gasteiger partial charge in [-0.15, -0.1) is 0 Å². The van der Waals surface area contributed by atoms with Crippen molar-refractivity contribution in [1.29, 1.82) is 5.26 Å². The Labute approximate surface area is 138 Å². The number of carbonyl (C=O) groups excluding carboxylic acids is 1. The minimum Gasteiger partial charge on any atom is -0.370 e. The first-order valence-electron chi connectivity index (χ1n) is 6.99. The van der Waals surface area contributed by atoms with Crippen molar-refractivity contribution in [2.75, 3.05) is 4.90 Å². The molecule has 6 heteroatoms. The van der Waals surface area contributed by atoms with Crippen LogP contribution >= 0.6 is 11.8 Å². The van der Waals surface area contributed by atoms with Crippen LogP contribution in [0.1, 0.15) is 17.5 Å². The minimum absolute atomic E-state index is 0.119. The minimum atomic E-state index is -0.707. The Hall–Kier alpha value is -2.78. The third-order valence-electron chi connectivity index (χ3n) is 3.69. The van der Waals surface area contributed by atoms with Gasteiger partial charge >= 0.3 is 0 Å². The van der Waals surface area contributed by atoms with Gasteiger partial charge in [-0.25, -0.2) is 0 Å². The van der Waals surface area contributed by atoms with E-state index in [2.05, 4.69) is 11.1 Å². The summed E-state index contributed by atoms with van der Waals surface area (Å²) in [5, 5.41) is 11.3. The predicted molar refractivity (Wildman–Crippen MR) is 90.1 cm³/mol. The molecule has 1 aliphatic rings. The molecule has 0 radical (unpaired) electrons. The van der Waals surface area contributed by atoms with E-state index in [1.54, 1.807) is 18.5 Å². The van der Waals surface area contributed by atoms with Gasteiger partial charge in [-0.05, 0) is 35.2 Å². The molecule has 1 aromatic carbocycles. The summed E-state index contributed by atoms with van der Waals surface area (Å²) >= 11 is 1.50. The molecule has 1 atom stereocenters. The van der Waals surface area contributed by atoms with Crippen LogP contribution in [0.4, 0.5) is 5.69 Å². The van der Waals surface area contributed by atoms with Crippen molar-refractivity contribution < 1.29 is 4.79 Å². The summed E-state index contributed by atoms with van der Waals surface area (Å²) < 4.78 is 0. The van der Waals surface area contributed by atoms with Gasteiger partial charge in [0.15, 0.2) is 0 Å². The molecule has 0 saturated carbocycles. The van der Waals surface area contributed by atoms with Gasteiger partial charge in [0, 0.05) is 18.6 Å². The molecule has 2 aromatic rings.